The van der Waals surface area contributed by atoms with E-state index in [1.807, 2.05) is 24.3 Å². The maximum atomic E-state index is 12.5. The van der Waals surface area contributed by atoms with Gasteiger partial charge < -0.3 is 15.1 Å². The van der Waals surface area contributed by atoms with Crippen LogP contribution in [0.1, 0.15) is 62.5 Å². The number of nitrogens with one attached hydrogen (secondary N) is 1. The Balaban J connectivity index is 0.959. The number of benzene rings is 2. The lowest BCUT2D eigenvalue weighted by atomic mass is 9.63. The summed E-state index contributed by atoms with van der Waals surface area (Å²) < 4.78 is 25.0. The van der Waals surface area contributed by atoms with Crippen molar-refractivity contribution in [1.29, 1.82) is 0 Å². The summed E-state index contributed by atoms with van der Waals surface area (Å²) in [7, 11) is -3.10. The molecule has 38 heavy (non-hydrogen) atoms. The van der Waals surface area contributed by atoms with Gasteiger partial charge in [0.25, 0.3) is 0 Å². The molecule has 1 N–H and O–H groups in total. The second kappa shape index (κ2) is 9.94. The zero-order valence-electron chi connectivity index (χ0n) is 22.7. The van der Waals surface area contributed by atoms with Crippen LogP contribution in [0, 0.1) is 17.8 Å². The van der Waals surface area contributed by atoms with E-state index < -0.39 is 9.84 Å². The molecule has 2 aromatic carbocycles. The molecule has 7 rings (SSSR count). The maximum Gasteiger partial charge on any atom is 0.181 e. The molecular weight excluding hydrogens is 490 g/mol. The lowest BCUT2D eigenvalue weighted by Crippen LogP contribution is -2.59. The van der Waals surface area contributed by atoms with Crippen LogP contribution in [-0.4, -0.2) is 57.8 Å². The molecule has 204 valence electrons. The number of fused-ring (bicyclic) bond motifs is 1. The van der Waals surface area contributed by atoms with Crippen LogP contribution >= 0.6 is 0 Å². The molecular formula is C32H43N3O2S. The van der Waals surface area contributed by atoms with E-state index >= 15 is 0 Å². The van der Waals surface area contributed by atoms with Gasteiger partial charge in [0.15, 0.2) is 9.84 Å². The first-order valence-corrected chi connectivity index (χ1v) is 16.7. The first kappa shape index (κ1) is 25.1. The number of hydrogen-bond acceptors (Lipinski definition) is 5. The van der Waals surface area contributed by atoms with Gasteiger partial charge in [0, 0.05) is 43.3 Å². The third kappa shape index (κ3) is 4.41. The Labute approximate surface area is 228 Å². The number of rotatable bonds is 7. The number of sulfone groups is 1. The van der Waals surface area contributed by atoms with Gasteiger partial charge in [-0.1, -0.05) is 37.1 Å². The first-order valence-electron chi connectivity index (χ1n) is 15.2. The Morgan fingerprint density at radius 2 is 1.53 bits per heavy atom. The Morgan fingerprint density at radius 1 is 0.842 bits per heavy atom. The largest absolute Gasteiger partial charge is 0.371 e. The van der Waals surface area contributed by atoms with Gasteiger partial charge >= 0.3 is 0 Å². The Morgan fingerprint density at radius 3 is 2.24 bits per heavy atom. The van der Waals surface area contributed by atoms with E-state index in [4.69, 9.17) is 0 Å². The van der Waals surface area contributed by atoms with E-state index in [1.165, 1.54) is 64.6 Å². The summed E-state index contributed by atoms with van der Waals surface area (Å²) in [6, 6.07) is 17.0. The van der Waals surface area contributed by atoms with Gasteiger partial charge in [-0.25, -0.2) is 8.42 Å². The molecule has 5 nitrogen and oxygen atoms in total. The molecule has 1 atom stereocenters. The van der Waals surface area contributed by atoms with Crippen molar-refractivity contribution in [2.45, 2.75) is 73.5 Å². The van der Waals surface area contributed by atoms with Crippen molar-refractivity contribution in [3.8, 4) is 0 Å². The molecule has 3 heterocycles. The minimum Gasteiger partial charge on any atom is -0.371 e. The molecule has 0 aromatic heterocycles. The van der Waals surface area contributed by atoms with Crippen LogP contribution in [0.5, 0.6) is 0 Å². The van der Waals surface area contributed by atoms with Crippen molar-refractivity contribution in [2.24, 2.45) is 17.8 Å². The minimum atomic E-state index is -3.10. The summed E-state index contributed by atoms with van der Waals surface area (Å²) in [5.41, 5.74) is 4.56. The average Bonchev–Trinajstić information content (AvgIpc) is 3.66. The van der Waals surface area contributed by atoms with Crippen molar-refractivity contribution < 1.29 is 8.42 Å². The van der Waals surface area contributed by atoms with E-state index in [1.54, 1.807) is 11.1 Å². The van der Waals surface area contributed by atoms with Crippen LogP contribution in [0.4, 0.5) is 5.69 Å². The second-order valence-electron chi connectivity index (χ2n) is 12.8. The summed E-state index contributed by atoms with van der Waals surface area (Å²) in [4.78, 5) is 5.62. The normalized spacial score (nSPS) is 27.8. The second-order valence-corrected chi connectivity index (χ2v) is 15.0. The van der Waals surface area contributed by atoms with Crippen molar-refractivity contribution in [3.05, 3.63) is 59.7 Å². The summed E-state index contributed by atoms with van der Waals surface area (Å²) in [5.74, 6) is 2.22. The van der Waals surface area contributed by atoms with Gasteiger partial charge in [0.05, 0.1) is 10.1 Å². The highest BCUT2D eigenvalue weighted by molar-refractivity contribution is 7.92. The van der Waals surface area contributed by atoms with Gasteiger partial charge in [0.2, 0.25) is 0 Å². The molecule has 2 saturated heterocycles. The molecule has 1 unspecified atom stereocenters. The molecule has 2 saturated carbocycles. The highest BCUT2D eigenvalue weighted by Gasteiger charge is 2.50. The van der Waals surface area contributed by atoms with Crippen molar-refractivity contribution >= 4 is 15.5 Å². The summed E-state index contributed by atoms with van der Waals surface area (Å²) in [5, 5.41) is 4.03. The lowest BCUT2D eigenvalue weighted by molar-refractivity contribution is 0.0492. The molecule has 0 amide bonds. The predicted molar refractivity (Wildman–Crippen MR) is 153 cm³/mol. The highest BCUT2D eigenvalue weighted by Crippen LogP contribution is 2.50. The van der Waals surface area contributed by atoms with Crippen molar-refractivity contribution in [3.63, 3.8) is 0 Å². The maximum absolute atomic E-state index is 12.5. The average molecular weight is 534 g/mol. The minimum absolute atomic E-state index is 0.137. The summed E-state index contributed by atoms with van der Waals surface area (Å²) in [6.45, 7) is 6.91. The van der Waals surface area contributed by atoms with Crippen LogP contribution in [0.25, 0.3) is 0 Å². The van der Waals surface area contributed by atoms with Crippen LogP contribution < -0.4 is 10.2 Å². The van der Waals surface area contributed by atoms with E-state index in [0.29, 0.717) is 10.8 Å². The molecule has 6 heteroatoms. The number of hydrogen-bond donors (Lipinski definition) is 1. The summed E-state index contributed by atoms with van der Waals surface area (Å²) >= 11 is 0. The van der Waals surface area contributed by atoms with E-state index in [9.17, 15) is 8.42 Å². The number of nitrogens with zero attached hydrogens (tertiary/aromatic N) is 2. The third-order valence-corrected chi connectivity index (χ3v) is 12.8. The predicted octanol–water partition coefficient (Wildman–Crippen LogP) is 5.00. The number of anilines is 1. The van der Waals surface area contributed by atoms with Gasteiger partial charge in [-0.15, -0.1) is 0 Å². The molecule has 2 aromatic rings. The molecule has 0 bridgehead atoms. The molecule has 3 aliphatic heterocycles. The van der Waals surface area contributed by atoms with E-state index in [0.717, 1.165) is 50.0 Å². The molecule has 0 spiro atoms. The molecule has 0 radical (unpaired) electrons. The first-order chi connectivity index (χ1) is 18.5. The fourth-order valence-electron chi connectivity index (χ4n) is 8.33. The van der Waals surface area contributed by atoms with Crippen LogP contribution in [-0.2, 0) is 21.8 Å². The van der Waals surface area contributed by atoms with Gasteiger partial charge in [-0.2, -0.15) is 0 Å². The smallest absolute Gasteiger partial charge is 0.181 e. The van der Waals surface area contributed by atoms with E-state index in [-0.39, 0.29) is 10.8 Å². The standard InChI is InChI=1S/C32H43N3O2S/c36-38(37,30-13-14-30)29-11-9-28(10-12-29)35-22-24(23-35)21-34-19-16-27(17-20-34)32(26-6-2-3-7-26)31-8-4-1-5-25(31)15-18-33-32/h1,4-5,8-12,24,26-27,30,33H,2-3,6-7,13-23H2. The van der Waals surface area contributed by atoms with Crippen LogP contribution in [0.3, 0.4) is 0 Å². The van der Waals surface area contributed by atoms with Gasteiger partial charge in [-0.05, 0) is 105 Å². The topological polar surface area (TPSA) is 52.7 Å². The monoisotopic (exact) mass is 533 g/mol. The fraction of sp³-hybridized carbons (Fsp3) is 0.625. The van der Waals surface area contributed by atoms with E-state index in [2.05, 4.69) is 39.4 Å². The van der Waals surface area contributed by atoms with Gasteiger partial charge in [0.1, 0.15) is 0 Å². The van der Waals surface area contributed by atoms with Crippen LogP contribution in [0.2, 0.25) is 0 Å². The van der Waals surface area contributed by atoms with Crippen molar-refractivity contribution in [2.75, 3.05) is 44.2 Å². The molecule has 5 aliphatic rings. The number of piperidine rings is 1. The van der Waals surface area contributed by atoms with Gasteiger partial charge in [-0.3, -0.25) is 0 Å². The highest BCUT2D eigenvalue weighted by atomic mass is 32.2. The molecule has 4 fully saturated rings. The Hall–Kier alpha value is -1.89. The zero-order valence-corrected chi connectivity index (χ0v) is 23.5. The quantitative estimate of drug-likeness (QED) is 0.543. The third-order valence-electron chi connectivity index (χ3n) is 10.5. The number of likely N-dealkylation sites (tertiary alicyclic amines) is 1. The van der Waals surface area contributed by atoms with Crippen molar-refractivity contribution in [1.82, 2.24) is 10.2 Å². The Bertz CT molecular complexity index is 1240. The Kier molecular flexibility index (Phi) is 6.57. The molecule has 2 aliphatic carbocycles. The lowest BCUT2D eigenvalue weighted by Gasteiger charge is -2.53. The zero-order chi connectivity index (χ0) is 25.7. The summed E-state index contributed by atoms with van der Waals surface area (Å²) in [6.07, 6.45) is 11.0. The SMILES string of the molecule is O=S(=O)(c1ccc(N2CC(CN3CCC(C4(C5CCCC5)NCCc5ccccc54)CC3)C2)cc1)C1CC1. The fourth-order valence-corrected chi connectivity index (χ4v) is 9.99. The van der Waals surface area contributed by atoms with Crippen LogP contribution in [0.15, 0.2) is 53.4 Å².